The summed E-state index contributed by atoms with van der Waals surface area (Å²) in [6.45, 7) is 2.94. The van der Waals surface area contributed by atoms with Gasteiger partial charge in [-0.3, -0.25) is 0 Å². The first-order valence-corrected chi connectivity index (χ1v) is 16.3. The van der Waals surface area contributed by atoms with Crippen molar-refractivity contribution in [2.75, 3.05) is 52.8 Å². The van der Waals surface area contributed by atoms with Crippen LogP contribution in [0.1, 0.15) is 39.4 Å². The molecule has 2 heterocycles. The highest BCUT2D eigenvalue weighted by Gasteiger charge is 2.45. The lowest BCUT2D eigenvalue weighted by Gasteiger charge is -2.39. The number of hydrogen-bond acceptors (Lipinski definition) is 18. The molecule has 286 valence electrons. The number of phenols is 8. The molecule has 1 aliphatic heterocycles. The first kappa shape index (κ1) is 38.5. The van der Waals surface area contributed by atoms with Gasteiger partial charge in [0.05, 0.1) is 69.6 Å². The zero-order valence-electron chi connectivity index (χ0n) is 28.2. The zero-order chi connectivity index (χ0) is 38.1. The normalized spacial score (nSPS) is 16.6. The van der Waals surface area contributed by atoms with E-state index in [1.54, 1.807) is 6.20 Å². The van der Waals surface area contributed by atoms with Gasteiger partial charge in [0.25, 0.3) is 0 Å². The Morgan fingerprint density at radius 2 is 1.36 bits per heavy atom. The Bertz CT molecular complexity index is 1820. The van der Waals surface area contributed by atoms with Gasteiger partial charge >= 0.3 is 5.97 Å². The van der Waals surface area contributed by atoms with Gasteiger partial charge in [-0.15, -0.1) is 5.10 Å². The van der Waals surface area contributed by atoms with E-state index in [0.717, 1.165) is 30.3 Å². The van der Waals surface area contributed by atoms with Crippen molar-refractivity contribution in [2.45, 2.75) is 31.3 Å². The minimum Gasteiger partial charge on any atom is -0.508 e. The Hall–Kier alpha value is -5.73. The fourth-order valence-electron chi connectivity index (χ4n) is 5.41. The van der Waals surface area contributed by atoms with Crippen LogP contribution in [0.25, 0.3) is 0 Å². The lowest BCUT2D eigenvalue weighted by Crippen LogP contribution is -2.39. The zero-order valence-corrected chi connectivity index (χ0v) is 28.2. The largest absolute Gasteiger partial charge is 0.508 e. The lowest BCUT2D eigenvalue weighted by atomic mass is 9.90. The number of aromatic nitrogens is 3. The number of nitrogens with two attached hydrogens (primary N) is 1. The highest BCUT2D eigenvalue weighted by Crippen LogP contribution is 2.51. The van der Waals surface area contributed by atoms with E-state index in [2.05, 4.69) is 10.3 Å². The molecule has 5 rings (SSSR count). The lowest BCUT2D eigenvalue weighted by molar-refractivity contribution is -0.112. The molecule has 0 aliphatic carbocycles. The van der Waals surface area contributed by atoms with Gasteiger partial charge in [0.1, 0.15) is 23.4 Å². The topological polar surface area (TPSA) is 291 Å². The van der Waals surface area contributed by atoms with Crippen LogP contribution in [0.4, 0.5) is 0 Å². The number of esters is 1. The predicted molar refractivity (Wildman–Crippen MR) is 179 cm³/mol. The minimum atomic E-state index is -1.54. The van der Waals surface area contributed by atoms with Crippen LogP contribution in [0, 0.1) is 0 Å². The maximum absolute atomic E-state index is 13.5. The van der Waals surface area contributed by atoms with Crippen LogP contribution < -0.4 is 10.5 Å². The molecule has 10 N–H and O–H groups in total. The second-order valence-electron chi connectivity index (χ2n) is 11.7. The van der Waals surface area contributed by atoms with Gasteiger partial charge in [0, 0.05) is 36.9 Å². The Balaban J connectivity index is 1.33. The van der Waals surface area contributed by atoms with Crippen molar-refractivity contribution in [3.8, 4) is 51.7 Å². The summed E-state index contributed by atoms with van der Waals surface area (Å²) in [5, 5.41) is 89.8. The van der Waals surface area contributed by atoms with E-state index in [1.165, 1.54) is 10.7 Å². The molecule has 3 atom stereocenters. The molecule has 19 nitrogen and oxygen atoms in total. The molecule has 3 aromatic carbocycles. The molecule has 0 amide bonds. The summed E-state index contributed by atoms with van der Waals surface area (Å²) < 4.78 is 35.8. The van der Waals surface area contributed by atoms with Crippen LogP contribution in [0.5, 0.6) is 51.7 Å². The van der Waals surface area contributed by atoms with E-state index in [9.17, 15) is 45.6 Å². The molecule has 0 saturated carbocycles. The van der Waals surface area contributed by atoms with E-state index < -0.39 is 70.1 Å². The third-order valence-electron chi connectivity index (χ3n) is 7.92. The van der Waals surface area contributed by atoms with Gasteiger partial charge in [-0.2, -0.15) is 0 Å². The molecular formula is C34H40N4O15. The maximum Gasteiger partial charge on any atom is 0.338 e. The second-order valence-corrected chi connectivity index (χ2v) is 11.7. The Kier molecular flexibility index (Phi) is 12.8. The molecule has 19 heteroatoms. The quantitative estimate of drug-likeness (QED) is 0.0397. The average Bonchev–Trinajstić information content (AvgIpc) is 3.57. The van der Waals surface area contributed by atoms with Gasteiger partial charge in [-0.25, -0.2) is 9.48 Å². The third-order valence-corrected chi connectivity index (χ3v) is 7.92. The average molecular weight is 745 g/mol. The predicted octanol–water partition coefficient (Wildman–Crippen LogP) is 1.59. The monoisotopic (exact) mass is 744 g/mol. The van der Waals surface area contributed by atoms with Gasteiger partial charge in [0.2, 0.25) is 0 Å². The molecule has 3 unspecified atom stereocenters. The first-order valence-electron chi connectivity index (χ1n) is 16.3. The van der Waals surface area contributed by atoms with Crippen LogP contribution in [-0.2, 0) is 36.6 Å². The molecule has 4 aromatic rings. The van der Waals surface area contributed by atoms with Gasteiger partial charge in [0.15, 0.2) is 46.7 Å². The minimum absolute atomic E-state index is 0.0275. The van der Waals surface area contributed by atoms with Crippen molar-refractivity contribution in [2.24, 2.45) is 5.73 Å². The number of hydrogen-bond donors (Lipinski definition) is 9. The highest BCUT2D eigenvalue weighted by molar-refractivity contribution is 5.91. The van der Waals surface area contributed by atoms with Crippen molar-refractivity contribution < 1.29 is 74.1 Å². The summed E-state index contributed by atoms with van der Waals surface area (Å²) in [6.07, 6.45) is -2.20. The van der Waals surface area contributed by atoms with Crippen LogP contribution in [0.3, 0.4) is 0 Å². The molecule has 1 aliphatic rings. The second kappa shape index (κ2) is 17.7. The van der Waals surface area contributed by atoms with Gasteiger partial charge < -0.3 is 75.0 Å². The summed E-state index contributed by atoms with van der Waals surface area (Å²) in [4.78, 5) is 13.5. The van der Waals surface area contributed by atoms with Crippen LogP contribution in [0.2, 0.25) is 0 Å². The Morgan fingerprint density at radius 1 is 0.755 bits per heavy atom. The number of rotatable bonds is 18. The molecule has 53 heavy (non-hydrogen) atoms. The van der Waals surface area contributed by atoms with Crippen molar-refractivity contribution >= 4 is 5.97 Å². The molecule has 0 saturated heterocycles. The number of carbonyl (C=O) groups excluding carboxylic acids is 1. The van der Waals surface area contributed by atoms with E-state index in [4.69, 9.17) is 34.2 Å². The smallest absolute Gasteiger partial charge is 0.338 e. The Morgan fingerprint density at radius 3 is 2.00 bits per heavy atom. The molecule has 0 spiro atoms. The molecule has 1 aromatic heterocycles. The van der Waals surface area contributed by atoms with E-state index in [-0.39, 0.29) is 35.8 Å². The van der Waals surface area contributed by atoms with Crippen molar-refractivity contribution in [1.29, 1.82) is 0 Å². The summed E-state index contributed by atoms with van der Waals surface area (Å²) in [5.41, 5.74) is 5.53. The number of ether oxygens (including phenoxy) is 6. The third kappa shape index (κ3) is 9.58. The summed E-state index contributed by atoms with van der Waals surface area (Å²) in [6, 6.07) is 5.95. The highest BCUT2D eigenvalue weighted by atomic mass is 16.6. The fourth-order valence-corrected chi connectivity index (χ4v) is 5.41. The SMILES string of the molecule is NCCOCCOCCOCCc1cn(CCOC2c3c(O)cc(O)cc3OC(c3cc(O)c(O)c(O)c3)C2OC(=O)c2cc(O)c(O)c(O)c2)nn1. The number of aromatic hydroxyl groups is 8. The number of benzene rings is 3. The van der Waals surface area contributed by atoms with E-state index >= 15 is 0 Å². The molecule has 0 radical (unpaired) electrons. The molecular weight excluding hydrogens is 704 g/mol. The summed E-state index contributed by atoms with van der Waals surface area (Å²) in [7, 11) is 0. The summed E-state index contributed by atoms with van der Waals surface area (Å²) >= 11 is 0. The van der Waals surface area contributed by atoms with E-state index in [1.807, 2.05) is 0 Å². The molecule has 0 bridgehead atoms. The molecule has 0 fully saturated rings. The number of fused-ring (bicyclic) bond motifs is 1. The number of nitrogens with zero attached hydrogens (tertiary/aromatic N) is 3. The van der Waals surface area contributed by atoms with Gasteiger partial charge in [-0.05, 0) is 24.3 Å². The van der Waals surface area contributed by atoms with Crippen LogP contribution in [-0.4, -0.2) is 121 Å². The van der Waals surface area contributed by atoms with Crippen LogP contribution in [0.15, 0.2) is 42.6 Å². The van der Waals surface area contributed by atoms with Crippen molar-refractivity contribution in [3.05, 3.63) is 65.0 Å². The first-order chi connectivity index (χ1) is 25.5. The number of phenolic OH excluding ortho intramolecular Hbond substituents is 8. The Labute approximate surface area is 301 Å². The van der Waals surface area contributed by atoms with Gasteiger partial charge in [-0.1, -0.05) is 5.21 Å². The maximum atomic E-state index is 13.5. The number of carbonyl (C=O) groups is 1. The standard InChI is InChI=1S/C34H40N4O15/c35-2-5-49-8-10-50-9-7-48-4-1-20-17-38(37-36-20)3-6-51-32-28-22(40)15-21(39)16-27(28)52-31(18-11-23(41)29(45)24(42)12-18)33(32)53-34(47)19-13-25(43)30(46)26(44)14-19/h11-17,31-33,39-46H,1-10,35H2. The summed E-state index contributed by atoms with van der Waals surface area (Å²) in [5.74, 6) is -6.96. The van der Waals surface area contributed by atoms with Crippen molar-refractivity contribution in [3.63, 3.8) is 0 Å². The fraction of sp³-hybridized carbons (Fsp3) is 0.382. The van der Waals surface area contributed by atoms with Crippen molar-refractivity contribution in [1.82, 2.24) is 15.0 Å². The van der Waals surface area contributed by atoms with E-state index in [0.29, 0.717) is 58.3 Å². The van der Waals surface area contributed by atoms with Crippen LogP contribution >= 0.6 is 0 Å².